The van der Waals surface area contributed by atoms with E-state index < -0.39 is 0 Å². The smallest absolute Gasteiger partial charge is 0.139 e. The van der Waals surface area contributed by atoms with Gasteiger partial charge in [-0.1, -0.05) is 25.5 Å². The summed E-state index contributed by atoms with van der Waals surface area (Å²) in [5.41, 5.74) is 1.91. The predicted octanol–water partition coefficient (Wildman–Crippen LogP) is 3.88. The molecule has 0 aromatic carbocycles. The van der Waals surface area contributed by atoms with Gasteiger partial charge in [-0.2, -0.15) is 0 Å². The quantitative estimate of drug-likeness (QED) is 0.687. The number of hydrogen-bond acceptors (Lipinski definition) is 2. The lowest BCUT2D eigenvalue weighted by molar-refractivity contribution is -0.127. The van der Waals surface area contributed by atoms with Crippen molar-refractivity contribution in [1.82, 2.24) is 0 Å². The Balaban J connectivity index is 1.71. The fourth-order valence-corrected chi connectivity index (χ4v) is 6.29. The molecule has 4 rings (SSSR count). The summed E-state index contributed by atoms with van der Waals surface area (Å²) in [6.07, 6.45) is 10.8. The molecule has 0 aliphatic heterocycles. The van der Waals surface area contributed by atoms with Gasteiger partial charge in [0.1, 0.15) is 5.78 Å². The van der Waals surface area contributed by atoms with Gasteiger partial charge in [0.15, 0.2) is 0 Å². The van der Waals surface area contributed by atoms with E-state index in [1.54, 1.807) is 5.57 Å². The molecular weight excluding hydrogens is 260 g/mol. The van der Waals surface area contributed by atoms with Crippen LogP contribution in [0, 0.1) is 28.6 Å². The molecule has 0 radical (unpaired) electrons. The third-order valence-corrected chi connectivity index (χ3v) is 7.71. The summed E-state index contributed by atoms with van der Waals surface area (Å²) in [6, 6.07) is 0. The van der Waals surface area contributed by atoms with Crippen LogP contribution in [0.25, 0.3) is 0 Å². The van der Waals surface area contributed by atoms with E-state index in [0.717, 1.165) is 38.5 Å². The van der Waals surface area contributed by atoms with Crippen molar-refractivity contribution >= 4 is 5.78 Å². The molecule has 0 spiro atoms. The molecule has 0 amide bonds. The number of hydrogen-bond donors (Lipinski definition) is 1. The molecule has 0 aromatic heterocycles. The van der Waals surface area contributed by atoms with Crippen molar-refractivity contribution in [3.8, 4) is 0 Å². The van der Waals surface area contributed by atoms with E-state index in [4.69, 9.17) is 0 Å². The zero-order valence-corrected chi connectivity index (χ0v) is 13.4. The Morgan fingerprint density at radius 1 is 1.14 bits per heavy atom. The molecule has 0 saturated heterocycles. The van der Waals surface area contributed by atoms with Gasteiger partial charge in [-0.15, -0.1) is 0 Å². The largest absolute Gasteiger partial charge is 0.393 e. The number of aliphatic hydroxyl groups excluding tert-OH is 1. The number of aliphatic hydroxyl groups is 1. The molecular formula is C19H28O2. The summed E-state index contributed by atoms with van der Waals surface area (Å²) < 4.78 is 0. The van der Waals surface area contributed by atoms with E-state index in [1.165, 1.54) is 12.8 Å². The second kappa shape index (κ2) is 4.44. The van der Waals surface area contributed by atoms with Crippen LogP contribution in [-0.4, -0.2) is 17.0 Å². The van der Waals surface area contributed by atoms with Crippen molar-refractivity contribution in [1.29, 1.82) is 0 Å². The van der Waals surface area contributed by atoms with Gasteiger partial charge in [0.2, 0.25) is 0 Å². The molecule has 6 atom stereocenters. The number of carbonyl (C=O) groups is 1. The lowest BCUT2D eigenvalue weighted by Gasteiger charge is -2.55. The fraction of sp³-hybridized carbons (Fsp3) is 0.842. The van der Waals surface area contributed by atoms with Crippen LogP contribution in [0.2, 0.25) is 0 Å². The number of allylic oxidation sites excluding steroid dienone is 2. The summed E-state index contributed by atoms with van der Waals surface area (Å²) >= 11 is 0. The number of rotatable bonds is 0. The minimum absolute atomic E-state index is 0.0639. The molecule has 0 heterocycles. The molecule has 0 unspecified atom stereocenters. The van der Waals surface area contributed by atoms with Gasteiger partial charge in [-0.3, -0.25) is 4.79 Å². The van der Waals surface area contributed by atoms with Crippen molar-refractivity contribution in [2.24, 2.45) is 28.6 Å². The summed E-state index contributed by atoms with van der Waals surface area (Å²) in [7, 11) is 0. The Labute approximate surface area is 128 Å². The van der Waals surface area contributed by atoms with Crippen LogP contribution in [-0.2, 0) is 4.79 Å². The zero-order valence-electron chi connectivity index (χ0n) is 13.4. The highest BCUT2D eigenvalue weighted by atomic mass is 16.3. The molecule has 4 aliphatic carbocycles. The van der Waals surface area contributed by atoms with E-state index in [1.807, 2.05) is 0 Å². The maximum atomic E-state index is 12.3. The van der Waals surface area contributed by atoms with E-state index >= 15 is 0 Å². The van der Waals surface area contributed by atoms with Gasteiger partial charge in [0, 0.05) is 11.8 Å². The summed E-state index contributed by atoms with van der Waals surface area (Å²) in [4.78, 5) is 12.3. The minimum atomic E-state index is -0.0814. The lowest BCUT2D eigenvalue weighted by atomic mass is 9.49. The van der Waals surface area contributed by atoms with E-state index in [-0.39, 0.29) is 11.5 Å². The van der Waals surface area contributed by atoms with Crippen molar-refractivity contribution < 1.29 is 9.90 Å². The normalized spacial score (nSPS) is 52.7. The Hall–Kier alpha value is -0.630. The Morgan fingerprint density at radius 3 is 2.76 bits per heavy atom. The first-order chi connectivity index (χ1) is 9.95. The molecule has 3 fully saturated rings. The highest BCUT2D eigenvalue weighted by Gasteiger charge is 2.56. The molecule has 2 nitrogen and oxygen atoms in total. The topological polar surface area (TPSA) is 37.3 Å². The Bertz CT molecular complexity index is 508. The van der Waals surface area contributed by atoms with Crippen molar-refractivity contribution in [2.45, 2.75) is 71.3 Å². The lowest BCUT2D eigenvalue weighted by Crippen LogP contribution is -2.48. The van der Waals surface area contributed by atoms with Gasteiger partial charge in [0.25, 0.3) is 0 Å². The SMILES string of the molecule is C[C@@]12CC[C@H](O)C[C@H]1CC[C@H]1C2=CC[C@@]2(C)C(=O)CC[C@H]12. The maximum Gasteiger partial charge on any atom is 0.139 e. The standard InChI is InChI=1S/C19H28O2/c1-18-9-7-13(20)11-12(18)3-4-14-15-5-6-17(21)19(15,2)10-8-16(14)18/h8,12-15,20H,3-7,9-11H2,1-2H3/t12-,13+,14-,15-,18-,19-/m1/s1. The highest BCUT2D eigenvalue weighted by molar-refractivity contribution is 5.87. The summed E-state index contributed by atoms with van der Waals surface area (Å²) in [6.45, 7) is 4.67. The van der Waals surface area contributed by atoms with Gasteiger partial charge in [0.05, 0.1) is 6.10 Å². The first kappa shape index (κ1) is 14.0. The van der Waals surface area contributed by atoms with Gasteiger partial charge < -0.3 is 5.11 Å². The zero-order chi connectivity index (χ0) is 14.8. The maximum absolute atomic E-state index is 12.3. The highest BCUT2D eigenvalue weighted by Crippen LogP contribution is 2.63. The molecule has 2 heteroatoms. The van der Waals surface area contributed by atoms with Crippen LogP contribution < -0.4 is 0 Å². The first-order valence-corrected chi connectivity index (χ1v) is 8.87. The van der Waals surface area contributed by atoms with Crippen LogP contribution in [0.5, 0.6) is 0 Å². The third kappa shape index (κ3) is 1.78. The molecule has 0 aromatic rings. The van der Waals surface area contributed by atoms with Crippen LogP contribution >= 0.6 is 0 Å². The monoisotopic (exact) mass is 288 g/mol. The molecule has 21 heavy (non-hydrogen) atoms. The van der Waals surface area contributed by atoms with Gasteiger partial charge >= 0.3 is 0 Å². The van der Waals surface area contributed by atoms with E-state index in [9.17, 15) is 9.90 Å². The van der Waals surface area contributed by atoms with Crippen LogP contribution in [0.1, 0.15) is 65.2 Å². The van der Waals surface area contributed by atoms with Gasteiger partial charge in [-0.25, -0.2) is 0 Å². The average molecular weight is 288 g/mol. The van der Waals surface area contributed by atoms with E-state index in [2.05, 4.69) is 19.9 Å². The Kier molecular flexibility index (Phi) is 2.96. The van der Waals surface area contributed by atoms with Gasteiger partial charge in [-0.05, 0) is 68.1 Å². The second-order valence-corrected chi connectivity index (χ2v) is 8.58. The first-order valence-electron chi connectivity index (χ1n) is 8.87. The molecule has 116 valence electrons. The van der Waals surface area contributed by atoms with Crippen LogP contribution in [0.15, 0.2) is 11.6 Å². The second-order valence-electron chi connectivity index (χ2n) is 8.58. The van der Waals surface area contributed by atoms with E-state index in [0.29, 0.717) is 29.0 Å². The van der Waals surface area contributed by atoms with Crippen LogP contribution in [0.3, 0.4) is 0 Å². The summed E-state index contributed by atoms with van der Waals surface area (Å²) in [5.74, 6) is 2.40. The average Bonchev–Trinajstić information content (AvgIpc) is 2.76. The number of ketones is 1. The molecule has 0 bridgehead atoms. The number of fused-ring (bicyclic) bond motifs is 5. The van der Waals surface area contributed by atoms with Crippen molar-refractivity contribution in [3.63, 3.8) is 0 Å². The van der Waals surface area contributed by atoms with Crippen molar-refractivity contribution in [2.75, 3.05) is 0 Å². The predicted molar refractivity (Wildman–Crippen MR) is 82.7 cm³/mol. The molecule has 3 saturated carbocycles. The molecule has 1 N–H and O–H groups in total. The Morgan fingerprint density at radius 2 is 1.95 bits per heavy atom. The third-order valence-electron chi connectivity index (χ3n) is 7.71. The number of Topliss-reactive ketones (excluding diaryl/α,β-unsaturated/α-hetero) is 1. The number of carbonyl (C=O) groups excluding carboxylic acids is 1. The minimum Gasteiger partial charge on any atom is -0.393 e. The van der Waals surface area contributed by atoms with Crippen molar-refractivity contribution in [3.05, 3.63) is 11.6 Å². The summed E-state index contributed by atoms with van der Waals surface area (Å²) in [5, 5.41) is 10.0. The fourth-order valence-electron chi connectivity index (χ4n) is 6.29. The molecule has 4 aliphatic rings. The van der Waals surface area contributed by atoms with Crippen LogP contribution in [0.4, 0.5) is 0 Å².